The van der Waals surface area contributed by atoms with Crippen LogP contribution in [0.5, 0.6) is 0 Å². The Morgan fingerprint density at radius 3 is 2.39 bits per heavy atom. The largest absolute Gasteiger partial charge is 0.396 e. The van der Waals surface area contributed by atoms with Gasteiger partial charge < -0.3 is 16.2 Å². The molecule has 0 bridgehead atoms. The second kappa shape index (κ2) is 12.3. The summed E-state index contributed by atoms with van der Waals surface area (Å²) in [6.07, 6.45) is 4.94. The number of benzene rings is 1. The van der Waals surface area contributed by atoms with Crippen LogP contribution in [0.15, 0.2) is 30.3 Å². The van der Waals surface area contributed by atoms with Gasteiger partial charge in [-0.1, -0.05) is 36.2 Å². The smallest absolute Gasteiger partial charge is 0.0720 e. The first-order chi connectivity index (χ1) is 11.2. The lowest BCUT2D eigenvalue weighted by atomic mass is 10.2. The first kappa shape index (κ1) is 19.8. The minimum absolute atomic E-state index is 0.219. The number of fused-ring (bicyclic) bond motifs is 1. The summed E-state index contributed by atoms with van der Waals surface area (Å²) in [4.78, 5) is 4.35. The number of aliphatic hydroxyl groups is 1. The van der Waals surface area contributed by atoms with Gasteiger partial charge in [0.05, 0.1) is 10.5 Å². The lowest BCUT2D eigenvalue weighted by Gasteiger charge is -2.08. The highest BCUT2D eigenvalue weighted by Crippen LogP contribution is 2.21. The van der Waals surface area contributed by atoms with Gasteiger partial charge in [-0.3, -0.25) is 4.98 Å². The number of nitrogens with one attached hydrogen (secondary N) is 1. The van der Waals surface area contributed by atoms with Gasteiger partial charge in [-0.25, -0.2) is 0 Å². The van der Waals surface area contributed by atoms with Crippen LogP contribution in [0.2, 0.25) is 5.02 Å². The van der Waals surface area contributed by atoms with Gasteiger partial charge in [-0.05, 0) is 58.0 Å². The van der Waals surface area contributed by atoms with Crippen molar-refractivity contribution >= 4 is 22.5 Å². The van der Waals surface area contributed by atoms with Gasteiger partial charge in [-0.15, -0.1) is 0 Å². The van der Waals surface area contributed by atoms with E-state index in [1.165, 1.54) is 32.4 Å². The molecular formula is C18H28ClN3O. The standard InChI is InChI=1S/C10H8ClN.C5H11N.C3H9NO/c1-7-6-9(11)8-4-2-3-5-10(8)12-7;1-2-4-6-5-3-1;4-2-1-3-5/h2-6H,1H3;6H,1-5H2;5H,1-4H2. The van der Waals surface area contributed by atoms with Crippen LogP contribution < -0.4 is 11.1 Å². The predicted molar refractivity (Wildman–Crippen MR) is 99.0 cm³/mol. The number of hydrogen-bond donors (Lipinski definition) is 3. The summed E-state index contributed by atoms with van der Waals surface area (Å²) in [6.45, 7) is 5.26. The van der Waals surface area contributed by atoms with E-state index in [-0.39, 0.29) is 6.61 Å². The Bertz CT molecular complexity index is 545. The van der Waals surface area contributed by atoms with Gasteiger partial charge in [0.25, 0.3) is 0 Å². The zero-order valence-electron chi connectivity index (χ0n) is 13.9. The van der Waals surface area contributed by atoms with Gasteiger partial charge in [0, 0.05) is 17.7 Å². The first-order valence-electron chi connectivity index (χ1n) is 8.22. The average molecular weight is 338 g/mol. The summed E-state index contributed by atoms with van der Waals surface area (Å²) < 4.78 is 0. The summed E-state index contributed by atoms with van der Waals surface area (Å²) in [6, 6.07) is 9.75. The average Bonchev–Trinajstić information content (AvgIpc) is 2.58. The molecule has 1 fully saturated rings. The second-order valence-corrected chi connectivity index (χ2v) is 5.85. The summed E-state index contributed by atoms with van der Waals surface area (Å²) in [7, 11) is 0. The van der Waals surface area contributed by atoms with Crippen LogP contribution in [0.1, 0.15) is 31.4 Å². The highest BCUT2D eigenvalue weighted by Gasteiger charge is 1.99. The molecule has 0 saturated carbocycles. The van der Waals surface area contributed by atoms with Gasteiger partial charge in [0.15, 0.2) is 0 Å². The monoisotopic (exact) mass is 337 g/mol. The van der Waals surface area contributed by atoms with Gasteiger partial charge in [-0.2, -0.15) is 0 Å². The maximum Gasteiger partial charge on any atom is 0.0720 e. The van der Waals surface area contributed by atoms with Crippen LogP contribution in [0.4, 0.5) is 0 Å². The van der Waals surface area contributed by atoms with Gasteiger partial charge in [0.1, 0.15) is 0 Å². The van der Waals surface area contributed by atoms with E-state index >= 15 is 0 Å². The molecule has 1 aromatic heterocycles. The summed E-state index contributed by atoms with van der Waals surface area (Å²) >= 11 is 6.02. The molecule has 5 heteroatoms. The Kier molecular flexibility index (Phi) is 10.6. The maximum absolute atomic E-state index is 7.99. The van der Waals surface area contributed by atoms with Crippen LogP contribution in [-0.4, -0.2) is 36.3 Å². The van der Waals surface area contributed by atoms with Crippen LogP contribution >= 0.6 is 11.6 Å². The Hall–Kier alpha value is -1.20. The number of aliphatic hydroxyl groups excluding tert-OH is 1. The zero-order valence-corrected chi connectivity index (χ0v) is 14.6. The molecular weight excluding hydrogens is 310 g/mol. The number of rotatable bonds is 2. The van der Waals surface area contributed by atoms with Crippen LogP contribution in [0.25, 0.3) is 10.9 Å². The van der Waals surface area contributed by atoms with E-state index in [1.807, 2.05) is 37.3 Å². The minimum atomic E-state index is 0.219. The fraction of sp³-hybridized carbons (Fsp3) is 0.500. The molecule has 4 nitrogen and oxygen atoms in total. The molecule has 1 aliphatic rings. The Morgan fingerprint density at radius 2 is 1.91 bits per heavy atom. The third kappa shape index (κ3) is 8.28. The normalized spacial score (nSPS) is 13.6. The minimum Gasteiger partial charge on any atom is -0.396 e. The summed E-state index contributed by atoms with van der Waals surface area (Å²) in [5.74, 6) is 0. The molecule has 0 radical (unpaired) electrons. The maximum atomic E-state index is 7.99. The third-order valence-electron chi connectivity index (χ3n) is 3.36. The van der Waals surface area contributed by atoms with E-state index in [0.717, 1.165) is 28.0 Å². The predicted octanol–water partition coefficient (Wildman–Crippen LogP) is 3.28. The van der Waals surface area contributed by atoms with Crippen LogP contribution in [0, 0.1) is 6.92 Å². The number of piperidine rings is 1. The zero-order chi connectivity index (χ0) is 16.9. The van der Waals surface area contributed by atoms with E-state index in [0.29, 0.717) is 6.54 Å². The Morgan fingerprint density at radius 1 is 1.22 bits per heavy atom. The number of pyridine rings is 1. The van der Waals surface area contributed by atoms with Gasteiger partial charge >= 0.3 is 0 Å². The molecule has 2 heterocycles. The Labute approximate surface area is 144 Å². The molecule has 0 aliphatic carbocycles. The van der Waals surface area contributed by atoms with Crippen molar-refractivity contribution in [3.05, 3.63) is 41.0 Å². The van der Waals surface area contributed by atoms with E-state index in [9.17, 15) is 0 Å². The molecule has 1 saturated heterocycles. The Balaban J connectivity index is 0.000000202. The molecule has 0 amide bonds. The van der Waals surface area contributed by atoms with Crippen molar-refractivity contribution in [2.24, 2.45) is 5.73 Å². The number of halogens is 1. The second-order valence-electron chi connectivity index (χ2n) is 5.44. The topological polar surface area (TPSA) is 71.2 Å². The number of aromatic nitrogens is 1. The molecule has 23 heavy (non-hydrogen) atoms. The number of nitrogens with two attached hydrogens (primary N) is 1. The molecule has 0 unspecified atom stereocenters. The number of aryl methyl sites for hydroxylation is 1. The molecule has 1 aliphatic heterocycles. The molecule has 3 rings (SSSR count). The van der Waals surface area contributed by atoms with E-state index in [2.05, 4.69) is 10.3 Å². The quantitative estimate of drug-likeness (QED) is 0.786. The van der Waals surface area contributed by atoms with Crippen molar-refractivity contribution in [2.75, 3.05) is 26.2 Å². The molecule has 0 atom stereocenters. The lowest BCUT2D eigenvalue weighted by molar-refractivity contribution is 0.291. The van der Waals surface area contributed by atoms with Crippen molar-refractivity contribution in [3.8, 4) is 0 Å². The van der Waals surface area contributed by atoms with E-state index in [1.54, 1.807) is 0 Å². The van der Waals surface area contributed by atoms with Crippen molar-refractivity contribution in [1.82, 2.24) is 10.3 Å². The molecule has 128 valence electrons. The third-order valence-corrected chi connectivity index (χ3v) is 3.68. The SMILES string of the molecule is C1CCNCC1.Cc1cc(Cl)c2ccccc2n1.NCCCO. The van der Waals surface area contributed by atoms with Crippen LogP contribution in [0.3, 0.4) is 0 Å². The molecule has 4 N–H and O–H groups in total. The first-order valence-corrected chi connectivity index (χ1v) is 8.60. The number of nitrogens with zero attached hydrogens (tertiary/aromatic N) is 1. The molecule has 2 aromatic rings. The number of para-hydroxylation sites is 1. The summed E-state index contributed by atoms with van der Waals surface area (Å²) in [5, 5.41) is 13.1. The number of hydrogen-bond acceptors (Lipinski definition) is 4. The fourth-order valence-electron chi connectivity index (χ4n) is 2.15. The summed E-state index contributed by atoms with van der Waals surface area (Å²) in [5.41, 5.74) is 6.90. The highest BCUT2D eigenvalue weighted by molar-refractivity contribution is 6.35. The van der Waals surface area contributed by atoms with E-state index in [4.69, 9.17) is 22.4 Å². The van der Waals surface area contributed by atoms with Crippen molar-refractivity contribution < 1.29 is 5.11 Å². The van der Waals surface area contributed by atoms with Crippen LogP contribution in [-0.2, 0) is 0 Å². The van der Waals surface area contributed by atoms with Gasteiger partial charge in [0.2, 0.25) is 0 Å². The van der Waals surface area contributed by atoms with Crippen molar-refractivity contribution in [3.63, 3.8) is 0 Å². The van der Waals surface area contributed by atoms with Crippen molar-refractivity contribution in [1.29, 1.82) is 0 Å². The van der Waals surface area contributed by atoms with Crippen molar-refractivity contribution in [2.45, 2.75) is 32.6 Å². The van der Waals surface area contributed by atoms with E-state index < -0.39 is 0 Å². The highest BCUT2D eigenvalue weighted by atomic mass is 35.5. The fourth-order valence-corrected chi connectivity index (χ4v) is 2.47. The molecule has 0 spiro atoms. The molecule has 1 aromatic carbocycles. The lowest BCUT2D eigenvalue weighted by Crippen LogP contribution is -2.21.